The second-order valence-corrected chi connectivity index (χ2v) is 4.83. The third-order valence-electron chi connectivity index (χ3n) is 2.57. The molecule has 0 amide bonds. The first-order valence-corrected chi connectivity index (χ1v) is 6.81. The molecule has 0 bridgehead atoms. The summed E-state index contributed by atoms with van der Waals surface area (Å²) in [4.78, 5) is 8.49. The van der Waals surface area contributed by atoms with Crippen molar-refractivity contribution in [3.05, 3.63) is 29.0 Å². The van der Waals surface area contributed by atoms with E-state index < -0.39 is 0 Å². The van der Waals surface area contributed by atoms with Crippen LogP contribution in [0.15, 0.2) is 29.0 Å². The Balaban J connectivity index is 1.95. The van der Waals surface area contributed by atoms with Gasteiger partial charge in [0.05, 0.1) is 25.3 Å². The van der Waals surface area contributed by atoms with Gasteiger partial charge in [-0.1, -0.05) is 15.9 Å². The van der Waals surface area contributed by atoms with Gasteiger partial charge in [-0.05, 0) is 18.2 Å². The number of aromatic nitrogens is 2. The zero-order chi connectivity index (χ0) is 13.5. The van der Waals surface area contributed by atoms with Crippen molar-refractivity contribution in [1.29, 1.82) is 0 Å². The third kappa shape index (κ3) is 4.12. The minimum atomic E-state index is 0.605. The minimum Gasteiger partial charge on any atom is -0.382 e. The van der Waals surface area contributed by atoms with Crippen LogP contribution in [0, 0.1) is 0 Å². The quantitative estimate of drug-likeness (QED) is 0.792. The highest BCUT2D eigenvalue weighted by molar-refractivity contribution is 9.10. The first-order valence-electron chi connectivity index (χ1n) is 6.02. The number of rotatable bonds is 7. The van der Waals surface area contributed by atoms with Crippen molar-refractivity contribution in [2.45, 2.75) is 0 Å². The topological polar surface area (TPSA) is 56.3 Å². The molecular formula is C13H16BrN3O2. The minimum absolute atomic E-state index is 0.605. The zero-order valence-electron chi connectivity index (χ0n) is 10.7. The van der Waals surface area contributed by atoms with Crippen LogP contribution in [0.5, 0.6) is 0 Å². The Morgan fingerprint density at radius 2 is 2.11 bits per heavy atom. The van der Waals surface area contributed by atoms with Crippen LogP contribution in [0.25, 0.3) is 10.9 Å². The lowest BCUT2D eigenvalue weighted by Crippen LogP contribution is -2.13. The molecule has 0 saturated carbocycles. The van der Waals surface area contributed by atoms with Crippen LogP contribution < -0.4 is 5.32 Å². The normalized spacial score (nSPS) is 10.8. The average molecular weight is 326 g/mol. The van der Waals surface area contributed by atoms with Crippen molar-refractivity contribution >= 4 is 32.7 Å². The van der Waals surface area contributed by atoms with Gasteiger partial charge in [0, 0.05) is 23.5 Å². The van der Waals surface area contributed by atoms with Crippen molar-refractivity contribution < 1.29 is 9.47 Å². The number of fused-ring (bicyclic) bond motifs is 1. The van der Waals surface area contributed by atoms with Crippen LogP contribution in [-0.2, 0) is 9.47 Å². The van der Waals surface area contributed by atoms with Crippen LogP contribution in [0.3, 0.4) is 0 Å². The monoisotopic (exact) mass is 325 g/mol. The molecule has 19 heavy (non-hydrogen) atoms. The van der Waals surface area contributed by atoms with E-state index in [9.17, 15) is 0 Å². The number of hydrogen-bond donors (Lipinski definition) is 1. The molecule has 0 aliphatic heterocycles. The van der Waals surface area contributed by atoms with Gasteiger partial charge in [-0.15, -0.1) is 0 Å². The maximum Gasteiger partial charge on any atom is 0.137 e. The van der Waals surface area contributed by atoms with Crippen molar-refractivity contribution in [3.8, 4) is 0 Å². The van der Waals surface area contributed by atoms with Gasteiger partial charge in [-0.3, -0.25) is 0 Å². The third-order valence-corrected chi connectivity index (χ3v) is 3.06. The van der Waals surface area contributed by atoms with E-state index in [1.54, 1.807) is 13.4 Å². The van der Waals surface area contributed by atoms with E-state index >= 15 is 0 Å². The number of hydrogen-bond acceptors (Lipinski definition) is 5. The van der Waals surface area contributed by atoms with Gasteiger partial charge in [0.15, 0.2) is 0 Å². The lowest BCUT2D eigenvalue weighted by atomic mass is 10.2. The van der Waals surface area contributed by atoms with Crippen LogP contribution in [0.2, 0.25) is 0 Å². The second kappa shape index (κ2) is 7.37. The van der Waals surface area contributed by atoms with E-state index in [-0.39, 0.29) is 0 Å². The molecule has 0 radical (unpaired) electrons. The standard InChI is InChI=1S/C13H16BrN3O2/c1-18-6-7-19-5-4-15-13-11-8-10(14)2-3-12(11)16-9-17-13/h2-3,8-9H,4-7H2,1H3,(H,15,16,17). The molecule has 0 saturated heterocycles. The lowest BCUT2D eigenvalue weighted by Gasteiger charge is -2.09. The number of benzene rings is 1. The number of methoxy groups -OCH3 is 1. The van der Waals surface area contributed by atoms with Crippen molar-refractivity contribution in [3.63, 3.8) is 0 Å². The molecular weight excluding hydrogens is 310 g/mol. The fraction of sp³-hybridized carbons (Fsp3) is 0.385. The summed E-state index contributed by atoms with van der Waals surface area (Å²) in [6, 6.07) is 5.93. The van der Waals surface area contributed by atoms with Crippen LogP contribution >= 0.6 is 15.9 Å². The van der Waals surface area contributed by atoms with Gasteiger partial charge in [0.25, 0.3) is 0 Å². The highest BCUT2D eigenvalue weighted by Gasteiger charge is 2.03. The maximum absolute atomic E-state index is 5.39. The molecule has 102 valence electrons. The highest BCUT2D eigenvalue weighted by Crippen LogP contribution is 2.22. The van der Waals surface area contributed by atoms with E-state index in [0.29, 0.717) is 26.4 Å². The lowest BCUT2D eigenvalue weighted by molar-refractivity contribution is 0.0759. The summed E-state index contributed by atoms with van der Waals surface area (Å²) in [5, 5.41) is 4.25. The summed E-state index contributed by atoms with van der Waals surface area (Å²) in [6.07, 6.45) is 1.56. The van der Waals surface area contributed by atoms with Gasteiger partial charge in [0.2, 0.25) is 0 Å². The molecule has 2 aromatic rings. The van der Waals surface area contributed by atoms with Crippen molar-refractivity contribution in [1.82, 2.24) is 9.97 Å². The molecule has 5 nitrogen and oxygen atoms in total. The number of anilines is 1. The number of halogens is 1. The highest BCUT2D eigenvalue weighted by atomic mass is 79.9. The first kappa shape index (κ1) is 14.2. The molecule has 0 fully saturated rings. The van der Waals surface area contributed by atoms with E-state index in [1.165, 1.54) is 0 Å². The molecule has 1 aromatic heterocycles. The van der Waals surface area contributed by atoms with E-state index in [0.717, 1.165) is 21.2 Å². The molecule has 0 aliphatic carbocycles. The van der Waals surface area contributed by atoms with Crippen molar-refractivity contribution in [2.75, 3.05) is 38.8 Å². The van der Waals surface area contributed by atoms with E-state index in [1.807, 2.05) is 18.2 Å². The molecule has 2 rings (SSSR count). The summed E-state index contributed by atoms with van der Waals surface area (Å²) < 4.78 is 11.3. The van der Waals surface area contributed by atoms with Gasteiger partial charge in [-0.25, -0.2) is 9.97 Å². The van der Waals surface area contributed by atoms with Gasteiger partial charge < -0.3 is 14.8 Å². The molecule has 1 aromatic carbocycles. The number of ether oxygens (including phenoxy) is 2. The van der Waals surface area contributed by atoms with Gasteiger partial charge >= 0.3 is 0 Å². The van der Waals surface area contributed by atoms with E-state index in [4.69, 9.17) is 9.47 Å². The summed E-state index contributed by atoms with van der Waals surface area (Å²) in [5.41, 5.74) is 0.918. The fourth-order valence-electron chi connectivity index (χ4n) is 1.66. The molecule has 0 unspecified atom stereocenters. The molecule has 6 heteroatoms. The maximum atomic E-state index is 5.39. The van der Waals surface area contributed by atoms with Crippen LogP contribution in [0.4, 0.5) is 5.82 Å². The molecule has 1 N–H and O–H groups in total. The van der Waals surface area contributed by atoms with Crippen LogP contribution in [-0.4, -0.2) is 43.4 Å². The predicted octanol–water partition coefficient (Wildman–Crippen LogP) is 2.47. The van der Waals surface area contributed by atoms with Gasteiger partial charge in [0.1, 0.15) is 12.1 Å². The number of nitrogens with zero attached hydrogens (tertiary/aromatic N) is 2. The summed E-state index contributed by atoms with van der Waals surface area (Å²) >= 11 is 3.45. The molecule has 0 spiro atoms. The Labute approximate surface area is 120 Å². The predicted molar refractivity (Wildman–Crippen MR) is 78.4 cm³/mol. The smallest absolute Gasteiger partial charge is 0.137 e. The summed E-state index contributed by atoms with van der Waals surface area (Å²) in [5.74, 6) is 0.821. The Morgan fingerprint density at radius 3 is 2.95 bits per heavy atom. The van der Waals surface area contributed by atoms with Gasteiger partial charge in [-0.2, -0.15) is 0 Å². The number of nitrogens with one attached hydrogen (secondary N) is 1. The Bertz CT molecular complexity index is 536. The zero-order valence-corrected chi connectivity index (χ0v) is 12.3. The Kier molecular flexibility index (Phi) is 5.50. The Hall–Kier alpha value is -1.24. The molecule has 0 aliphatic rings. The Morgan fingerprint density at radius 1 is 1.21 bits per heavy atom. The first-order chi connectivity index (χ1) is 9.31. The molecule has 1 heterocycles. The van der Waals surface area contributed by atoms with Crippen molar-refractivity contribution in [2.24, 2.45) is 0 Å². The SMILES string of the molecule is COCCOCCNc1ncnc2ccc(Br)cc12. The average Bonchev–Trinajstić information content (AvgIpc) is 2.43. The fourth-order valence-corrected chi connectivity index (χ4v) is 2.02. The van der Waals surface area contributed by atoms with Crippen LogP contribution in [0.1, 0.15) is 0 Å². The second-order valence-electron chi connectivity index (χ2n) is 3.92. The summed E-state index contributed by atoms with van der Waals surface area (Å²) in [6.45, 7) is 2.53. The summed E-state index contributed by atoms with van der Waals surface area (Å²) in [7, 11) is 1.66. The van der Waals surface area contributed by atoms with E-state index in [2.05, 4.69) is 31.2 Å². The largest absolute Gasteiger partial charge is 0.382 e. The molecule has 0 atom stereocenters.